The molecule has 2 aromatic carbocycles. The van der Waals surface area contributed by atoms with E-state index in [9.17, 15) is 9.90 Å². The van der Waals surface area contributed by atoms with E-state index in [0.29, 0.717) is 22.1 Å². The second-order valence-corrected chi connectivity index (χ2v) is 6.36. The van der Waals surface area contributed by atoms with Crippen LogP contribution >= 0.6 is 35.4 Å². The van der Waals surface area contributed by atoms with Crippen LogP contribution in [0.15, 0.2) is 48.2 Å². The number of carbonyl (C=O) groups excluding carboxylic acids is 1. The molecule has 1 aliphatic heterocycles. The summed E-state index contributed by atoms with van der Waals surface area (Å²) in [7, 11) is 1.72. The lowest BCUT2D eigenvalue weighted by Gasteiger charge is -2.16. The minimum absolute atomic E-state index is 0.116. The molecule has 1 heterocycles. The number of benzene rings is 2. The molecule has 0 atom stereocenters. The van der Waals surface area contributed by atoms with E-state index in [2.05, 4.69) is 0 Å². The van der Waals surface area contributed by atoms with E-state index in [1.807, 2.05) is 30.3 Å². The van der Waals surface area contributed by atoms with Gasteiger partial charge in [0, 0.05) is 7.05 Å². The van der Waals surface area contributed by atoms with Crippen LogP contribution in [0.3, 0.4) is 0 Å². The minimum atomic E-state index is -0.242. The van der Waals surface area contributed by atoms with Gasteiger partial charge in [-0.25, -0.2) is 0 Å². The number of para-hydroxylation sites is 1. The summed E-state index contributed by atoms with van der Waals surface area (Å²) < 4.78 is 0. The lowest BCUT2D eigenvalue weighted by atomic mass is 10.1. The highest BCUT2D eigenvalue weighted by Gasteiger charge is 2.36. The highest BCUT2D eigenvalue weighted by Crippen LogP contribution is 2.34. The number of amides is 1. The summed E-state index contributed by atoms with van der Waals surface area (Å²) in [4.78, 5) is 15.9. The Morgan fingerprint density at radius 3 is 2.29 bits per heavy atom. The topological polar surface area (TPSA) is 43.8 Å². The standard InChI is InChI=1S/C17H12Cl2N2O2S/c1-20-14(9-10-7-12(18)15(22)13(19)8-10)16(23)21(17(20)24)11-5-3-2-4-6-11/h2-9,22H,1H3/b14-9-. The van der Waals surface area contributed by atoms with Crippen LogP contribution in [-0.2, 0) is 4.79 Å². The van der Waals surface area contributed by atoms with Crippen LogP contribution in [-0.4, -0.2) is 28.1 Å². The van der Waals surface area contributed by atoms with Crippen molar-refractivity contribution in [3.05, 3.63) is 63.8 Å². The van der Waals surface area contributed by atoms with E-state index in [-0.39, 0.29) is 21.7 Å². The number of hydrogen-bond acceptors (Lipinski definition) is 3. The molecule has 2 aromatic rings. The molecule has 1 saturated heterocycles. The van der Waals surface area contributed by atoms with Crippen molar-refractivity contribution in [2.75, 3.05) is 11.9 Å². The van der Waals surface area contributed by atoms with Gasteiger partial charge < -0.3 is 10.0 Å². The van der Waals surface area contributed by atoms with Gasteiger partial charge >= 0.3 is 0 Å². The number of carbonyl (C=O) groups is 1. The van der Waals surface area contributed by atoms with Gasteiger partial charge in [-0.05, 0) is 48.1 Å². The molecule has 0 unspecified atom stereocenters. The third-order valence-corrected chi connectivity index (χ3v) is 4.65. The highest BCUT2D eigenvalue weighted by molar-refractivity contribution is 7.80. The molecule has 0 bridgehead atoms. The van der Waals surface area contributed by atoms with Gasteiger partial charge in [-0.3, -0.25) is 9.69 Å². The molecule has 0 aromatic heterocycles. The monoisotopic (exact) mass is 378 g/mol. The van der Waals surface area contributed by atoms with Gasteiger partial charge in [0.25, 0.3) is 5.91 Å². The maximum Gasteiger partial charge on any atom is 0.281 e. The Hall–Kier alpha value is -2.08. The minimum Gasteiger partial charge on any atom is -0.505 e. The quantitative estimate of drug-likeness (QED) is 0.624. The third kappa shape index (κ3) is 2.86. The highest BCUT2D eigenvalue weighted by atomic mass is 35.5. The van der Waals surface area contributed by atoms with Crippen molar-refractivity contribution in [1.29, 1.82) is 0 Å². The Labute approximate surface area is 154 Å². The molecular weight excluding hydrogens is 367 g/mol. The molecular formula is C17H12Cl2N2O2S. The number of rotatable bonds is 2. The number of nitrogens with zero attached hydrogens (tertiary/aromatic N) is 2. The van der Waals surface area contributed by atoms with Crippen LogP contribution in [0.25, 0.3) is 6.08 Å². The number of phenols is 1. The second-order valence-electron chi connectivity index (χ2n) is 5.18. The zero-order valence-electron chi connectivity index (χ0n) is 12.5. The first-order valence-electron chi connectivity index (χ1n) is 6.97. The largest absolute Gasteiger partial charge is 0.505 e. The van der Waals surface area contributed by atoms with Crippen LogP contribution in [0.5, 0.6) is 5.75 Å². The van der Waals surface area contributed by atoms with Crippen molar-refractivity contribution in [3.8, 4) is 5.75 Å². The first kappa shape index (κ1) is 16.8. The average Bonchev–Trinajstić information content (AvgIpc) is 2.77. The predicted octanol–water partition coefficient (Wildman–Crippen LogP) is 4.30. The number of phenolic OH excluding ortho intramolecular Hbond substituents is 1. The summed E-state index contributed by atoms with van der Waals surface area (Å²) >= 11 is 17.3. The Morgan fingerprint density at radius 1 is 1.12 bits per heavy atom. The number of aromatic hydroxyl groups is 1. The molecule has 24 heavy (non-hydrogen) atoms. The molecule has 1 fully saturated rings. The fourth-order valence-electron chi connectivity index (χ4n) is 2.39. The fraction of sp³-hybridized carbons (Fsp3) is 0.0588. The number of hydrogen-bond donors (Lipinski definition) is 1. The lowest BCUT2D eigenvalue weighted by Crippen LogP contribution is -2.30. The van der Waals surface area contributed by atoms with Crippen molar-refractivity contribution in [3.63, 3.8) is 0 Å². The number of likely N-dealkylation sites (N-methyl/N-ethyl adjacent to an activating group) is 1. The molecule has 7 heteroatoms. The van der Waals surface area contributed by atoms with Crippen molar-refractivity contribution in [2.24, 2.45) is 0 Å². The Kier molecular flexibility index (Phi) is 4.49. The molecule has 0 spiro atoms. The summed E-state index contributed by atoms with van der Waals surface area (Å²) in [5, 5.41) is 10.3. The number of halogens is 2. The maximum absolute atomic E-state index is 12.8. The molecule has 122 valence electrons. The van der Waals surface area contributed by atoms with Crippen LogP contribution in [0.1, 0.15) is 5.56 Å². The number of thiocarbonyl (C=S) groups is 1. The van der Waals surface area contributed by atoms with E-state index in [0.717, 1.165) is 0 Å². The SMILES string of the molecule is CN1C(=S)N(c2ccccc2)C(=O)/C1=C/c1cc(Cl)c(O)c(Cl)c1. The van der Waals surface area contributed by atoms with Crippen molar-refractivity contribution >= 4 is 58.2 Å². The van der Waals surface area contributed by atoms with E-state index in [4.69, 9.17) is 35.4 Å². The van der Waals surface area contributed by atoms with Crippen LogP contribution < -0.4 is 4.90 Å². The molecule has 4 nitrogen and oxygen atoms in total. The van der Waals surface area contributed by atoms with Gasteiger partial charge in [0.1, 0.15) is 5.70 Å². The zero-order valence-corrected chi connectivity index (χ0v) is 14.9. The van der Waals surface area contributed by atoms with Gasteiger partial charge in [-0.1, -0.05) is 41.4 Å². The van der Waals surface area contributed by atoms with Crippen molar-refractivity contribution in [2.45, 2.75) is 0 Å². The molecule has 1 aliphatic rings. The summed E-state index contributed by atoms with van der Waals surface area (Å²) in [6.45, 7) is 0. The zero-order chi connectivity index (χ0) is 17.4. The molecule has 0 aliphatic carbocycles. The third-order valence-electron chi connectivity index (χ3n) is 3.62. The van der Waals surface area contributed by atoms with Crippen LogP contribution in [0.2, 0.25) is 10.0 Å². The van der Waals surface area contributed by atoms with Crippen LogP contribution in [0, 0.1) is 0 Å². The Morgan fingerprint density at radius 2 is 1.71 bits per heavy atom. The maximum atomic E-state index is 12.8. The summed E-state index contributed by atoms with van der Waals surface area (Å²) in [5.74, 6) is -0.429. The van der Waals surface area contributed by atoms with E-state index in [1.54, 1.807) is 18.0 Å². The molecule has 0 saturated carbocycles. The van der Waals surface area contributed by atoms with E-state index >= 15 is 0 Å². The smallest absolute Gasteiger partial charge is 0.281 e. The van der Waals surface area contributed by atoms with Gasteiger partial charge in [-0.15, -0.1) is 0 Å². The molecule has 3 rings (SSSR count). The van der Waals surface area contributed by atoms with Gasteiger partial charge in [-0.2, -0.15) is 0 Å². The first-order valence-corrected chi connectivity index (χ1v) is 8.13. The lowest BCUT2D eigenvalue weighted by molar-refractivity contribution is -0.114. The van der Waals surface area contributed by atoms with Gasteiger partial charge in [0.15, 0.2) is 10.9 Å². The summed E-state index contributed by atoms with van der Waals surface area (Å²) in [6, 6.07) is 12.2. The van der Waals surface area contributed by atoms with Gasteiger partial charge in [0.05, 0.1) is 15.7 Å². The molecule has 1 amide bonds. The summed E-state index contributed by atoms with van der Waals surface area (Å²) in [6.07, 6.45) is 1.63. The Bertz CT molecular complexity index is 845. The second kappa shape index (κ2) is 6.43. The summed E-state index contributed by atoms with van der Waals surface area (Å²) in [5.41, 5.74) is 1.68. The first-order chi connectivity index (χ1) is 11.4. The predicted molar refractivity (Wildman–Crippen MR) is 100 cm³/mol. The van der Waals surface area contributed by atoms with Crippen LogP contribution in [0.4, 0.5) is 5.69 Å². The number of anilines is 1. The van der Waals surface area contributed by atoms with Crippen molar-refractivity contribution < 1.29 is 9.90 Å². The van der Waals surface area contributed by atoms with E-state index < -0.39 is 0 Å². The normalized spacial score (nSPS) is 16.4. The fourth-order valence-corrected chi connectivity index (χ4v) is 3.18. The van der Waals surface area contributed by atoms with Gasteiger partial charge in [0.2, 0.25) is 0 Å². The van der Waals surface area contributed by atoms with E-state index in [1.165, 1.54) is 17.0 Å². The average molecular weight is 379 g/mol. The Balaban J connectivity index is 2.03. The molecule has 1 N–H and O–H groups in total. The van der Waals surface area contributed by atoms with Crippen molar-refractivity contribution in [1.82, 2.24) is 4.90 Å². The molecule has 0 radical (unpaired) electrons.